The highest BCUT2D eigenvalue weighted by atomic mass is 32.1. The molecule has 1 saturated heterocycles. The Bertz CT molecular complexity index is 1060. The van der Waals surface area contributed by atoms with Gasteiger partial charge in [-0.2, -0.15) is 0 Å². The Kier molecular flexibility index (Phi) is 5.04. The van der Waals surface area contributed by atoms with Gasteiger partial charge in [0.2, 0.25) is 5.82 Å². The van der Waals surface area contributed by atoms with Crippen molar-refractivity contribution in [1.29, 1.82) is 0 Å². The summed E-state index contributed by atoms with van der Waals surface area (Å²) in [6, 6.07) is 9.48. The molecule has 8 heteroatoms. The molecule has 1 fully saturated rings. The number of anilines is 1. The molecule has 1 amide bonds. The first-order valence-corrected chi connectivity index (χ1v) is 11.1. The van der Waals surface area contributed by atoms with Gasteiger partial charge in [0.15, 0.2) is 0 Å². The predicted molar refractivity (Wildman–Crippen MR) is 116 cm³/mol. The quantitative estimate of drug-likeness (QED) is 0.682. The van der Waals surface area contributed by atoms with Gasteiger partial charge in [-0.05, 0) is 60.0 Å². The van der Waals surface area contributed by atoms with Crippen LogP contribution in [0.1, 0.15) is 26.9 Å². The first-order chi connectivity index (χ1) is 14.6. The fourth-order valence-electron chi connectivity index (χ4n) is 4.55. The van der Waals surface area contributed by atoms with Crippen molar-refractivity contribution in [2.75, 3.05) is 25.5 Å². The summed E-state index contributed by atoms with van der Waals surface area (Å²) in [5, 5.41) is 13.6. The molecule has 156 valence electrons. The van der Waals surface area contributed by atoms with E-state index in [4.69, 9.17) is 4.74 Å². The summed E-state index contributed by atoms with van der Waals surface area (Å²) in [5.74, 6) is 2.96. The lowest BCUT2D eigenvalue weighted by atomic mass is 9.89. The highest BCUT2D eigenvalue weighted by Crippen LogP contribution is 2.34. The fraction of sp³-hybridized carbons (Fsp3) is 0.409. The Morgan fingerprint density at radius 2 is 1.97 bits per heavy atom. The maximum absolute atomic E-state index is 12.8. The smallest absolute Gasteiger partial charge is 0.293 e. The molecule has 2 aromatic heterocycles. The van der Waals surface area contributed by atoms with Crippen molar-refractivity contribution >= 4 is 22.9 Å². The highest BCUT2D eigenvalue weighted by molar-refractivity contribution is 7.10. The van der Waals surface area contributed by atoms with Crippen LogP contribution >= 0.6 is 11.3 Å². The Labute approximate surface area is 179 Å². The van der Waals surface area contributed by atoms with Crippen LogP contribution in [-0.4, -0.2) is 45.8 Å². The molecule has 0 saturated carbocycles. The number of carbonyl (C=O) groups excluding carboxylic acids is 1. The maximum atomic E-state index is 12.8. The third kappa shape index (κ3) is 3.61. The number of likely N-dealkylation sites (tertiary alicyclic amines) is 1. The number of aryl methyl sites for hydroxylation is 1. The van der Waals surface area contributed by atoms with E-state index in [0.717, 1.165) is 44.2 Å². The van der Waals surface area contributed by atoms with E-state index in [2.05, 4.69) is 38.8 Å². The molecule has 3 aromatic rings. The van der Waals surface area contributed by atoms with Gasteiger partial charge in [0, 0.05) is 43.2 Å². The van der Waals surface area contributed by atoms with Gasteiger partial charge in [0.05, 0.1) is 7.11 Å². The predicted octanol–water partition coefficient (Wildman–Crippen LogP) is 3.21. The first-order valence-electron chi connectivity index (χ1n) is 10.2. The lowest BCUT2D eigenvalue weighted by molar-refractivity contribution is 0.100. The van der Waals surface area contributed by atoms with Gasteiger partial charge in [-0.1, -0.05) is 0 Å². The molecule has 1 aromatic carbocycles. The van der Waals surface area contributed by atoms with Gasteiger partial charge < -0.3 is 14.6 Å². The van der Waals surface area contributed by atoms with E-state index in [1.165, 1.54) is 10.4 Å². The number of aromatic nitrogens is 3. The van der Waals surface area contributed by atoms with Gasteiger partial charge >= 0.3 is 0 Å². The molecule has 0 radical (unpaired) electrons. The molecule has 5 rings (SSSR count). The van der Waals surface area contributed by atoms with Crippen LogP contribution in [0.4, 0.5) is 5.69 Å². The second kappa shape index (κ2) is 7.85. The van der Waals surface area contributed by atoms with Crippen LogP contribution < -0.4 is 10.1 Å². The third-order valence-electron chi connectivity index (χ3n) is 6.23. The highest BCUT2D eigenvalue weighted by Gasteiger charge is 2.39. The number of carbonyl (C=O) groups is 1. The Balaban J connectivity index is 1.27. The summed E-state index contributed by atoms with van der Waals surface area (Å²) in [6.07, 6.45) is 0.882. The third-order valence-corrected chi connectivity index (χ3v) is 7.24. The summed E-state index contributed by atoms with van der Waals surface area (Å²) < 4.78 is 7.18. The van der Waals surface area contributed by atoms with E-state index >= 15 is 0 Å². The van der Waals surface area contributed by atoms with Crippen LogP contribution in [0.5, 0.6) is 5.75 Å². The molecule has 7 nitrogen and oxygen atoms in total. The second-order valence-corrected chi connectivity index (χ2v) is 9.18. The molecule has 2 atom stereocenters. The number of ether oxygens (including phenoxy) is 1. The van der Waals surface area contributed by atoms with Gasteiger partial charge in [0.25, 0.3) is 5.91 Å². The van der Waals surface area contributed by atoms with E-state index in [1.807, 2.05) is 40.2 Å². The first kappa shape index (κ1) is 19.3. The van der Waals surface area contributed by atoms with Crippen LogP contribution in [0, 0.1) is 18.8 Å². The number of hydrogen-bond donors (Lipinski definition) is 1. The van der Waals surface area contributed by atoms with E-state index < -0.39 is 0 Å². The largest absolute Gasteiger partial charge is 0.497 e. The zero-order chi connectivity index (χ0) is 20.7. The van der Waals surface area contributed by atoms with Gasteiger partial charge in [-0.3, -0.25) is 9.69 Å². The number of rotatable bonds is 5. The van der Waals surface area contributed by atoms with Crippen molar-refractivity contribution in [3.8, 4) is 5.75 Å². The molecule has 0 unspecified atom stereocenters. The van der Waals surface area contributed by atoms with Crippen molar-refractivity contribution in [3.05, 3.63) is 57.8 Å². The van der Waals surface area contributed by atoms with E-state index in [1.54, 1.807) is 7.11 Å². The summed E-state index contributed by atoms with van der Waals surface area (Å²) >= 11 is 1.84. The Morgan fingerprint density at radius 3 is 2.70 bits per heavy atom. The van der Waals surface area contributed by atoms with Crippen LogP contribution in [0.3, 0.4) is 0 Å². The standard InChI is InChI=1S/C22H25N5O2S/c1-14-7-8-30-19(14)13-26-10-15-9-20-24-25-21(27(20)12-16(15)11-26)22(28)23-17-3-5-18(29-2)6-4-17/h3-8,15-16H,9-13H2,1-2H3,(H,23,28)/t15-,16+/m0/s1. The van der Waals surface area contributed by atoms with Crippen molar-refractivity contribution in [2.24, 2.45) is 11.8 Å². The maximum Gasteiger partial charge on any atom is 0.293 e. The minimum Gasteiger partial charge on any atom is -0.497 e. The normalized spacial score (nSPS) is 20.6. The minimum atomic E-state index is -0.221. The zero-order valence-corrected chi connectivity index (χ0v) is 18.0. The van der Waals surface area contributed by atoms with Gasteiger partial charge in [0.1, 0.15) is 11.6 Å². The van der Waals surface area contributed by atoms with Crippen molar-refractivity contribution in [3.63, 3.8) is 0 Å². The molecule has 30 heavy (non-hydrogen) atoms. The Morgan fingerprint density at radius 1 is 1.17 bits per heavy atom. The van der Waals surface area contributed by atoms with Crippen LogP contribution in [0.15, 0.2) is 35.7 Å². The summed E-state index contributed by atoms with van der Waals surface area (Å²) in [4.78, 5) is 16.8. The molecule has 0 bridgehead atoms. The average Bonchev–Trinajstić information content (AvgIpc) is 3.45. The number of fused-ring (bicyclic) bond motifs is 2. The lowest BCUT2D eigenvalue weighted by Gasteiger charge is -2.25. The number of benzene rings is 1. The van der Waals surface area contributed by atoms with Gasteiger partial charge in [-0.15, -0.1) is 21.5 Å². The minimum absolute atomic E-state index is 0.221. The molecule has 2 aliphatic rings. The average molecular weight is 424 g/mol. The number of nitrogens with zero attached hydrogens (tertiary/aromatic N) is 4. The lowest BCUT2D eigenvalue weighted by Crippen LogP contribution is -2.31. The number of amides is 1. The van der Waals surface area contributed by atoms with Gasteiger partial charge in [-0.25, -0.2) is 0 Å². The van der Waals surface area contributed by atoms with Crippen LogP contribution in [0.2, 0.25) is 0 Å². The molecular formula is C22H25N5O2S. The number of methoxy groups -OCH3 is 1. The molecule has 0 aliphatic carbocycles. The van der Waals surface area contributed by atoms with Crippen LogP contribution in [0.25, 0.3) is 0 Å². The molecule has 1 N–H and O–H groups in total. The summed E-state index contributed by atoms with van der Waals surface area (Å²) in [5.41, 5.74) is 2.09. The Hall–Kier alpha value is -2.71. The van der Waals surface area contributed by atoms with E-state index in [0.29, 0.717) is 23.3 Å². The van der Waals surface area contributed by atoms with E-state index in [-0.39, 0.29) is 5.91 Å². The number of thiophene rings is 1. The molecule has 0 spiro atoms. The second-order valence-electron chi connectivity index (χ2n) is 8.18. The SMILES string of the molecule is COc1ccc(NC(=O)c2nnc3n2C[C@H]2CN(Cc4sccc4C)C[C@@H]2C3)cc1. The monoisotopic (exact) mass is 423 g/mol. The summed E-state index contributed by atoms with van der Waals surface area (Å²) in [7, 11) is 1.62. The number of hydrogen-bond acceptors (Lipinski definition) is 6. The molecule has 4 heterocycles. The van der Waals surface area contributed by atoms with Crippen LogP contribution in [-0.2, 0) is 19.5 Å². The zero-order valence-electron chi connectivity index (χ0n) is 17.2. The fourth-order valence-corrected chi connectivity index (χ4v) is 5.50. The molecule has 2 aliphatic heterocycles. The van der Waals surface area contributed by atoms with Crippen molar-refractivity contribution in [1.82, 2.24) is 19.7 Å². The number of nitrogens with one attached hydrogen (secondary N) is 1. The topological polar surface area (TPSA) is 72.3 Å². The van der Waals surface area contributed by atoms with Crippen molar-refractivity contribution < 1.29 is 9.53 Å². The molecular weight excluding hydrogens is 398 g/mol. The van der Waals surface area contributed by atoms with Crippen molar-refractivity contribution in [2.45, 2.75) is 26.4 Å². The van der Waals surface area contributed by atoms with E-state index in [9.17, 15) is 4.79 Å². The summed E-state index contributed by atoms with van der Waals surface area (Å²) in [6.45, 7) is 6.14.